The highest BCUT2D eigenvalue weighted by molar-refractivity contribution is 5.16. The SMILES string of the molecule is CCC1=C(N)CC(C)(C)CC1. The second-order valence-corrected chi connectivity index (χ2v) is 4.32. The molecule has 0 aromatic heterocycles. The molecule has 0 atom stereocenters. The lowest BCUT2D eigenvalue weighted by atomic mass is 9.76. The molecule has 0 saturated carbocycles. The molecule has 0 saturated heterocycles. The molecule has 0 aliphatic heterocycles. The fourth-order valence-corrected chi connectivity index (χ4v) is 1.78. The molecule has 0 heterocycles. The summed E-state index contributed by atoms with van der Waals surface area (Å²) >= 11 is 0. The van der Waals surface area contributed by atoms with Crippen LogP contribution in [0.3, 0.4) is 0 Å². The van der Waals surface area contributed by atoms with Gasteiger partial charge < -0.3 is 5.73 Å². The van der Waals surface area contributed by atoms with Crippen LogP contribution in [0.15, 0.2) is 11.3 Å². The Bertz CT molecular complexity index is 177. The minimum absolute atomic E-state index is 0.447. The van der Waals surface area contributed by atoms with Crippen molar-refractivity contribution in [1.29, 1.82) is 0 Å². The monoisotopic (exact) mass is 153 g/mol. The quantitative estimate of drug-likeness (QED) is 0.616. The number of rotatable bonds is 1. The van der Waals surface area contributed by atoms with E-state index in [1.807, 2.05) is 0 Å². The molecule has 11 heavy (non-hydrogen) atoms. The summed E-state index contributed by atoms with van der Waals surface area (Å²) in [5.41, 5.74) is 9.04. The maximum absolute atomic E-state index is 5.94. The van der Waals surface area contributed by atoms with Crippen LogP contribution in [0.4, 0.5) is 0 Å². The lowest BCUT2D eigenvalue weighted by Gasteiger charge is -2.31. The first-order chi connectivity index (χ1) is 5.05. The third-order valence-electron chi connectivity index (χ3n) is 2.65. The van der Waals surface area contributed by atoms with Crippen molar-refractivity contribution in [2.24, 2.45) is 11.1 Å². The van der Waals surface area contributed by atoms with Gasteiger partial charge in [0.1, 0.15) is 0 Å². The van der Waals surface area contributed by atoms with Gasteiger partial charge in [-0.1, -0.05) is 26.3 Å². The average Bonchev–Trinajstić information content (AvgIpc) is 1.86. The zero-order valence-electron chi connectivity index (χ0n) is 7.91. The maximum atomic E-state index is 5.94. The molecule has 0 unspecified atom stereocenters. The minimum atomic E-state index is 0.447. The number of hydrogen-bond acceptors (Lipinski definition) is 1. The highest BCUT2D eigenvalue weighted by Gasteiger charge is 2.24. The normalized spacial score (nSPS) is 23.9. The van der Waals surface area contributed by atoms with E-state index in [2.05, 4.69) is 20.8 Å². The van der Waals surface area contributed by atoms with Gasteiger partial charge in [-0.25, -0.2) is 0 Å². The van der Waals surface area contributed by atoms with E-state index in [1.54, 1.807) is 0 Å². The average molecular weight is 153 g/mol. The first kappa shape index (κ1) is 8.63. The van der Waals surface area contributed by atoms with Gasteiger partial charge in [0.15, 0.2) is 0 Å². The molecule has 2 N–H and O–H groups in total. The molecule has 1 aliphatic rings. The Labute approximate surface area is 69.7 Å². The molecular formula is C10H19N. The Balaban J connectivity index is 2.71. The van der Waals surface area contributed by atoms with Crippen LogP contribution in [0.5, 0.6) is 0 Å². The highest BCUT2D eigenvalue weighted by atomic mass is 14.6. The second-order valence-electron chi connectivity index (χ2n) is 4.32. The fraction of sp³-hybridized carbons (Fsp3) is 0.800. The van der Waals surface area contributed by atoms with Crippen molar-refractivity contribution < 1.29 is 0 Å². The second kappa shape index (κ2) is 2.88. The number of hydrogen-bond donors (Lipinski definition) is 1. The Kier molecular flexibility index (Phi) is 2.26. The fourth-order valence-electron chi connectivity index (χ4n) is 1.78. The van der Waals surface area contributed by atoms with Crippen molar-refractivity contribution in [3.05, 3.63) is 11.3 Å². The standard InChI is InChI=1S/C10H19N/c1-4-8-5-6-10(2,3)7-9(8)11/h4-7,11H2,1-3H3. The van der Waals surface area contributed by atoms with E-state index in [-0.39, 0.29) is 0 Å². The summed E-state index contributed by atoms with van der Waals surface area (Å²) in [6, 6.07) is 0. The molecule has 0 aromatic rings. The zero-order valence-corrected chi connectivity index (χ0v) is 7.91. The minimum Gasteiger partial charge on any atom is -0.402 e. The van der Waals surface area contributed by atoms with Gasteiger partial charge >= 0.3 is 0 Å². The Morgan fingerprint density at radius 3 is 2.55 bits per heavy atom. The van der Waals surface area contributed by atoms with Crippen LogP contribution in [-0.4, -0.2) is 0 Å². The van der Waals surface area contributed by atoms with E-state index in [1.165, 1.54) is 18.4 Å². The maximum Gasteiger partial charge on any atom is 0.00776 e. The van der Waals surface area contributed by atoms with Crippen LogP contribution in [-0.2, 0) is 0 Å². The van der Waals surface area contributed by atoms with Crippen LogP contribution in [0.2, 0.25) is 0 Å². The van der Waals surface area contributed by atoms with Crippen molar-refractivity contribution in [2.45, 2.75) is 46.5 Å². The number of nitrogens with two attached hydrogens (primary N) is 1. The van der Waals surface area contributed by atoms with Gasteiger partial charge in [0, 0.05) is 5.70 Å². The molecule has 1 nitrogen and oxygen atoms in total. The first-order valence-electron chi connectivity index (χ1n) is 4.51. The van der Waals surface area contributed by atoms with Gasteiger partial charge in [-0.05, 0) is 31.1 Å². The van der Waals surface area contributed by atoms with Crippen LogP contribution in [0.25, 0.3) is 0 Å². The molecule has 1 rings (SSSR count). The van der Waals surface area contributed by atoms with Crippen LogP contribution < -0.4 is 5.73 Å². The Morgan fingerprint density at radius 2 is 2.09 bits per heavy atom. The molecular weight excluding hydrogens is 134 g/mol. The largest absolute Gasteiger partial charge is 0.402 e. The summed E-state index contributed by atoms with van der Waals surface area (Å²) in [6.07, 6.45) is 4.75. The molecule has 0 spiro atoms. The Hall–Kier alpha value is -0.460. The van der Waals surface area contributed by atoms with Crippen molar-refractivity contribution in [3.8, 4) is 0 Å². The van der Waals surface area contributed by atoms with Crippen LogP contribution >= 0.6 is 0 Å². The number of allylic oxidation sites excluding steroid dienone is 2. The molecule has 0 aromatic carbocycles. The van der Waals surface area contributed by atoms with Gasteiger partial charge in [0.25, 0.3) is 0 Å². The third-order valence-corrected chi connectivity index (χ3v) is 2.65. The topological polar surface area (TPSA) is 26.0 Å². The lowest BCUT2D eigenvalue weighted by Crippen LogP contribution is -2.21. The smallest absolute Gasteiger partial charge is 0.00776 e. The summed E-state index contributed by atoms with van der Waals surface area (Å²) in [6.45, 7) is 6.79. The van der Waals surface area contributed by atoms with Crippen molar-refractivity contribution in [3.63, 3.8) is 0 Å². The van der Waals surface area contributed by atoms with E-state index in [4.69, 9.17) is 5.73 Å². The molecule has 64 valence electrons. The third kappa shape index (κ3) is 1.98. The predicted molar refractivity (Wildman–Crippen MR) is 49.1 cm³/mol. The van der Waals surface area contributed by atoms with Gasteiger partial charge in [-0.2, -0.15) is 0 Å². The molecule has 0 amide bonds. The van der Waals surface area contributed by atoms with E-state index in [9.17, 15) is 0 Å². The summed E-state index contributed by atoms with van der Waals surface area (Å²) < 4.78 is 0. The van der Waals surface area contributed by atoms with Gasteiger partial charge in [-0.15, -0.1) is 0 Å². The predicted octanol–water partition coefficient (Wildman–Crippen LogP) is 2.82. The van der Waals surface area contributed by atoms with Crippen molar-refractivity contribution in [2.75, 3.05) is 0 Å². The van der Waals surface area contributed by atoms with Gasteiger partial charge in [0.2, 0.25) is 0 Å². The molecule has 1 heteroatoms. The zero-order chi connectivity index (χ0) is 8.48. The van der Waals surface area contributed by atoms with Crippen molar-refractivity contribution in [1.82, 2.24) is 0 Å². The first-order valence-corrected chi connectivity index (χ1v) is 4.51. The lowest BCUT2D eigenvalue weighted by molar-refractivity contribution is 0.310. The van der Waals surface area contributed by atoms with E-state index < -0.39 is 0 Å². The summed E-state index contributed by atoms with van der Waals surface area (Å²) in [5, 5.41) is 0. The molecule has 0 radical (unpaired) electrons. The molecule has 0 bridgehead atoms. The molecule has 0 fully saturated rings. The highest BCUT2D eigenvalue weighted by Crippen LogP contribution is 2.37. The Morgan fingerprint density at radius 1 is 1.45 bits per heavy atom. The van der Waals surface area contributed by atoms with E-state index in [0.717, 1.165) is 18.5 Å². The van der Waals surface area contributed by atoms with Crippen LogP contribution in [0, 0.1) is 5.41 Å². The summed E-state index contributed by atoms with van der Waals surface area (Å²) in [7, 11) is 0. The van der Waals surface area contributed by atoms with Gasteiger partial charge in [0.05, 0.1) is 0 Å². The van der Waals surface area contributed by atoms with Crippen LogP contribution in [0.1, 0.15) is 46.5 Å². The van der Waals surface area contributed by atoms with E-state index in [0.29, 0.717) is 5.41 Å². The summed E-state index contributed by atoms with van der Waals surface area (Å²) in [4.78, 5) is 0. The summed E-state index contributed by atoms with van der Waals surface area (Å²) in [5.74, 6) is 0. The van der Waals surface area contributed by atoms with Crippen molar-refractivity contribution >= 4 is 0 Å². The molecule has 1 aliphatic carbocycles. The van der Waals surface area contributed by atoms with E-state index >= 15 is 0 Å². The van der Waals surface area contributed by atoms with Gasteiger partial charge in [-0.3, -0.25) is 0 Å².